The molecule has 0 aliphatic carbocycles. The second-order valence-corrected chi connectivity index (χ2v) is 12.7. The summed E-state index contributed by atoms with van der Waals surface area (Å²) in [5, 5.41) is 36.8. The fourth-order valence-electron chi connectivity index (χ4n) is 8.37. The Bertz CT molecular complexity index is 3010. The lowest BCUT2D eigenvalue weighted by Crippen LogP contribution is -1.91. The van der Waals surface area contributed by atoms with Crippen LogP contribution in [0.15, 0.2) is 127 Å². The minimum absolute atomic E-state index is 0.646. The highest BCUT2D eigenvalue weighted by atomic mass is 14.3. The highest BCUT2D eigenvalue weighted by Gasteiger charge is 2.26. The molecule has 0 aromatic heterocycles. The Morgan fingerprint density at radius 1 is 0.362 bits per heavy atom. The van der Waals surface area contributed by atoms with Crippen LogP contribution < -0.4 is 0 Å². The molecular formula is C45H24N2. The Kier molecular flexibility index (Phi) is 5.09. The van der Waals surface area contributed by atoms with Crippen LogP contribution in [0.2, 0.25) is 0 Å². The van der Waals surface area contributed by atoms with Crippen LogP contribution in [-0.4, -0.2) is 0 Å². The van der Waals surface area contributed by atoms with E-state index in [-0.39, 0.29) is 0 Å². The van der Waals surface area contributed by atoms with E-state index in [9.17, 15) is 10.5 Å². The number of nitrogens with zero attached hydrogens (tertiary/aromatic N) is 2. The van der Waals surface area contributed by atoms with Gasteiger partial charge in [-0.15, -0.1) is 0 Å². The van der Waals surface area contributed by atoms with E-state index in [0.717, 1.165) is 11.1 Å². The molecule has 10 aromatic rings. The van der Waals surface area contributed by atoms with Crippen LogP contribution in [0.1, 0.15) is 16.7 Å². The van der Waals surface area contributed by atoms with Crippen molar-refractivity contribution in [3.05, 3.63) is 144 Å². The van der Waals surface area contributed by atoms with Crippen molar-refractivity contribution in [1.29, 1.82) is 10.5 Å². The summed E-state index contributed by atoms with van der Waals surface area (Å²) in [7, 11) is 0. The van der Waals surface area contributed by atoms with Crippen molar-refractivity contribution >= 4 is 75.4 Å². The molecule has 47 heavy (non-hydrogen) atoms. The molecule has 0 heterocycles. The molecule has 0 saturated carbocycles. The van der Waals surface area contributed by atoms with Crippen molar-refractivity contribution in [2.24, 2.45) is 0 Å². The quantitative estimate of drug-likeness (QED) is 0.187. The molecule has 0 radical (unpaired) electrons. The van der Waals surface area contributed by atoms with Crippen LogP contribution in [0.4, 0.5) is 0 Å². The summed E-state index contributed by atoms with van der Waals surface area (Å²) in [6.45, 7) is 2.19. The number of aryl methyl sites for hydroxylation is 1. The monoisotopic (exact) mass is 592 g/mol. The van der Waals surface area contributed by atoms with Gasteiger partial charge in [0.05, 0.1) is 23.3 Å². The van der Waals surface area contributed by atoms with Crippen molar-refractivity contribution in [2.75, 3.05) is 0 Å². The topological polar surface area (TPSA) is 47.6 Å². The van der Waals surface area contributed by atoms with Gasteiger partial charge in [0.1, 0.15) is 0 Å². The third-order valence-electron chi connectivity index (χ3n) is 10.3. The van der Waals surface area contributed by atoms with Gasteiger partial charge in [-0.3, -0.25) is 0 Å². The van der Waals surface area contributed by atoms with Crippen LogP contribution in [0.5, 0.6) is 0 Å². The molecule has 0 amide bonds. The molecule has 0 unspecified atom stereocenters. The van der Waals surface area contributed by atoms with E-state index in [1.807, 2.05) is 24.3 Å². The maximum atomic E-state index is 9.70. The number of hydrogen-bond acceptors (Lipinski definition) is 2. The van der Waals surface area contributed by atoms with Gasteiger partial charge in [-0.25, -0.2) is 0 Å². The van der Waals surface area contributed by atoms with E-state index < -0.39 is 0 Å². The highest BCUT2D eigenvalue weighted by molar-refractivity contribution is 6.44. The molecule has 10 aromatic carbocycles. The maximum Gasteiger partial charge on any atom is 0.0991 e. The van der Waals surface area contributed by atoms with Gasteiger partial charge in [-0.2, -0.15) is 10.5 Å². The van der Waals surface area contributed by atoms with E-state index in [4.69, 9.17) is 0 Å². The summed E-state index contributed by atoms with van der Waals surface area (Å²) >= 11 is 0. The number of benzene rings is 8. The SMILES string of the molecule is Cc1ccc2c3c(-c4ccc(C#N)cc4)c4c(cc5c6ccccc6c6cccc4c65)c(-c4ccc(C#N)cc4)c3c3cccc1c32. The minimum Gasteiger partial charge on any atom is -0.192 e. The van der Waals surface area contributed by atoms with E-state index >= 15 is 0 Å². The average molecular weight is 593 g/mol. The number of nitriles is 2. The Labute approximate surface area is 270 Å². The van der Waals surface area contributed by atoms with Crippen LogP contribution >= 0.6 is 0 Å². The van der Waals surface area contributed by atoms with Crippen LogP contribution in [0.25, 0.3) is 97.7 Å². The molecule has 0 aliphatic heterocycles. The lowest BCUT2D eigenvalue weighted by Gasteiger charge is -2.19. The van der Waals surface area contributed by atoms with E-state index in [1.165, 1.54) is 92.1 Å². The predicted octanol–water partition coefficient (Wildman–Crippen LogP) is 12.0. The van der Waals surface area contributed by atoms with E-state index in [2.05, 4.69) is 122 Å². The molecule has 0 aliphatic rings. The average Bonchev–Trinajstić information content (AvgIpc) is 3.63. The summed E-state index contributed by atoms with van der Waals surface area (Å²) in [5.41, 5.74) is 7.11. The highest BCUT2D eigenvalue weighted by Crippen LogP contribution is 2.54. The predicted molar refractivity (Wildman–Crippen MR) is 196 cm³/mol. The van der Waals surface area contributed by atoms with E-state index in [1.54, 1.807) is 0 Å². The molecule has 10 rings (SSSR count). The first-order valence-corrected chi connectivity index (χ1v) is 15.9. The molecule has 214 valence electrons. The van der Waals surface area contributed by atoms with Gasteiger partial charge in [0, 0.05) is 0 Å². The zero-order valence-corrected chi connectivity index (χ0v) is 25.5. The Hall–Kier alpha value is -6.48. The first-order chi connectivity index (χ1) is 23.2. The minimum atomic E-state index is 0.646. The summed E-state index contributed by atoms with van der Waals surface area (Å²) in [6.07, 6.45) is 0. The van der Waals surface area contributed by atoms with Gasteiger partial charge in [0.15, 0.2) is 0 Å². The normalized spacial score (nSPS) is 11.9. The standard InChI is InChI=1S/C45H24N2/c1-25-12-21-36-41-30(25)8-4-11-35(41)44-39(28-17-13-26(23-46)14-18-28)38-22-37-32-7-3-2-6-31(32)33-9-5-10-34(42(33)37)43(38)40(45(36)44)29-19-15-27(24-47)16-20-29/h2-22H,1H3. The van der Waals surface area contributed by atoms with Crippen LogP contribution in [-0.2, 0) is 0 Å². The summed E-state index contributed by atoms with van der Waals surface area (Å²) in [6, 6.07) is 49.9. The third-order valence-corrected chi connectivity index (χ3v) is 10.3. The van der Waals surface area contributed by atoms with Gasteiger partial charge < -0.3 is 0 Å². The second-order valence-electron chi connectivity index (χ2n) is 12.7. The van der Waals surface area contributed by atoms with E-state index in [0.29, 0.717) is 11.1 Å². The Morgan fingerprint density at radius 2 is 0.851 bits per heavy atom. The van der Waals surface area contributed by atoms with Crippen LogP contribution in [0.3, 0.4) is 0 Å². The van der Waals surface area contributed by atoms with Crippen molar-refractivity contribution in [3.8, 4) is 34.4 Å². The van der Waals surface area contributed by atoms with Crippen molar-refractivity contribution in [1.82, 2.24) is 0 Å². The fourth-order valence-corrected chi connectivity index (χ4v) is 8.37. The molecule has 2 heteroatoms. The van der Waals surface area contributed by atoms with Crippen molar-refractivity contribution < 1.29 is 0 Å². The molecule has 0 fully saturated rings. The smallest absolute Gasteiger partial charge is 0.0991 e. The Balaban J connectivity index is 1.57. The van der Waals surface area contributed by atoms with Crippen molar-refractivity contribution in [2.45, 2.75) is 6.92 Å². The van der Waals surface area contributed by atoms with Gasteiger partial charge in [0.25, 0.3) is 0 Å². The molecular weight excluding hydrogens is 569 g/mol. The zero-order chi connectivity index (χ0) is 31.4. The van der Waals surface area contributed by atoms with Gasteiger partial charge in [-0.05, 0) is 140 Å². The molecule has 2 nitrogen and oxygen atoms in total. The summed E-state index contributed by atoms with van der Waals surface area (Å²) in [5.74, 6) is 0. The second kappa shape index (κ2) is 9.27. The van der Waals surface area contributed by atoms with Gasteiger partial charge in [0.2, 0.25) is 0 Å². The number of rotatable bonds is 2. The van der Waals surface area contributed by atoms with Gasteiger partial charge >= 0.3 is 0 Å². The molecule has 0 saturated heterocycles. The first-order valence-electron chi connectivity index (χ1n) is 15.9. The zero-order valence-electron chi connectivity index (χ0n) is 25.5. The lowest BCUT2D eigenvalue weighted by molar-refractivity contribution is 1.48. The van der Waals surface area contributed by atoms with Gasteiger partial charge in [-0.1, -0.05) is 97.1 Å². The number of hydrogen-bond donors (Lipinski definition) is 0. The third kappa shape index (κ3) is 3.32. The molecule has 0 N–H and O–H groups in total. The maximum absolute atomic E-state index is 9.70. The van der Waals surface area contributed by atoms with Crippen molar-refractivity contribution in [3.63, 3.8) is 0 Å². The lowest BCUT2D eigenvalue weighted by atomic mass is 9.83. The largest absolute Gasteiger partial charge is 0.192 e. The summed E-state index contributed by atoms with van der Waals surface area (Å²) in [4.78, 5) is 0. The summed E-state index contributed by atoms with van der Waals surface area (Å²) < 4.78 is 0. The molecule has 0 bridgehead atoms. The molecule has 0 spiro atoms. The fraction of sp³-hybridized carbons (Fsp3) is 0.0222. The molecule has 0 atom stereocenters. The first kappa shape index (κ1) is 25.8. The Morgan fingerprint density at radius 3 is 1.51 bits per heavy atom. The number of fused-ring (bicyclic) bond motifs is 8. The van der Waals surface area contributed by atoms with Crippen LogP contribution in [0, 0.1) is 29.6 Å².